The van der Waals surface area contributed by atoms with E-state index in [0.717, 1.165) is 17.9 Å². The van der Waals surface area contributed by atoms with Gasteiger partial charge < -0.3 is 10.6 Å². The van der Waals surface area contributed by atoms with Crippen LogP contribution in [0.1, 0.15) is 18.5 Å². The van der Waals surface area contributed by atoms with Crippen LogP contribution in [0.25, 0.3) is 0 Å². The van der Waals surface area contributed by atoms with Crippen molar-refractivity contribution < 1.29 is 18.1 Å². The van der Waals surface area contributed by atoms with Crippen LogP contribution in [0.2, 0.25) is 0 Å². The topological polar surface area (TPSA) is 122 Å². The molecule has 162 valence electrons. The maximum absolute atomic E-state index is 12.7. The fourth-order valence-electron chi connectivity index (χ4n) is 2.95. The maximum Gasteiger partial charge on any atom is 0.293 e. The zero-order valence-corrected chi connectivity index (χ0v) is 18.0. The number of anilines is 1. The molecule has 0 spiro atoms. The van der Waals surface area contributed by atoms with Crippen molar-refractivity contribution in [2.75, 3.05) is 38.3 Å². The van der Waals surface area contributed by atoms with E-state index in [1.54, 1.807) is 0 Å². The number of amides is 1. The normalized spacial score (nSPS) is 12.4. The highest BCUT2D eigenvalue weighted by Gasteiger charge is 2.24. The van der Waals surface area contributed by atoms with Crippen LogP contribution in [-0.2, 0) is 14.6 Å². The lowest BCUT2D eigenvalue weighted by Crippen LogP contribution is -2.40. The van der Waals surface area contributed by atoms with Gasteiger partial charge in [0.2, 0.25) is 5.91 Å². The number of nitro groups is 1. The number of sulfone groups is 1. The van der Waals surface area contributed by atoms with Gasteiger partial charge in [-0.15, -0.1) is 0 Å². The molecule has 0 saturated heterocycles. The molecule has 1 atom stereocenters. The fourth-order valence-corrected chi connectivity index (χ4v) is 3.59. The fraction of sp³-hybridized carbons (Fsp3) is 0.350. The van der Waals surface area contributed by atoms with E-state index in [1.165, 1.54) is 12.1 Å². The van der Waals surface area contributed by atoms with E-state index in [4.69, 9.17) is 0 Å². The summed E-state index contributed by atoms with van der Waals surface area (Å²) in [5, 5.41) is 17.0. The molecule has 1 amide bonds. The molecule has 10 heteroatoms. The number of hydrogen-bond acceptors (Lipinski definition) is 7. The number of hydrogen-bond donors (Lipinski definition) is 2. The second-order valence-electron chi connectivity index (χ2n) is 6.81. The van der Waals surface area contributed by atoms with Crippen LogP contribution in [-0.4, -0.2) is 57.1 Å². The molecule has 2 aromatic rings. The minimum Gasteiger partial charge on any atom is -0.378 e. The van der Waals surface area contributed by atoms with Crippen molar-refractivity contribution in [3.8, 4) is 0 Å². The summed E-state index contributed by atoms with van der Waals surface area (Å²) in [6.07, 6.45) is 0.991. The highest BCUT2D eigenvalue weighted by Crippen LogP contribution is 2.27. The summed E-state index contributed by atoms with van der Waals surface area (Å²) in [4.78, 5) is 25.2. The monoisotopic (exact) mass is 434 g/mol. The summed E-state index contributed by atoms with van der Waals surface area (Å²) in [5.41, 5.74) is 0.725. The van der Waals surface area contributed by atoms with Gasteiger partial charge in [-0.05, 0) is 31.3 Å². The van der Waals surface area contributed by atoms with Crippen molar-refractivity contribution in [2.24, 2.45) is 0 Å². The molecular formula is C20H26N4O5S. The van der Waals surface area contributed by atoms with Crippen molar-refractivity contribution >= 4 is 27.1 Å². The molecule has 0 heterocycles. The molecule has 0 bridgehead atoms. The average Bonchev–Trinajstić information content (AvgIpc) is 2.71. The quantitative estimate of drug-likeness (QED) is 0.334. The number of rotatable bonds is 10. The van der Waals surface area contributed by atoms with E-state index < -0.39 is 20.8 Å². The predicted molar refractivity (Wildman–Crippen MR) is 115 cm³/mol. The summed E-state index contributed by atoms with van der Waals surface area (Å²) in [6.45, 7) is 3.13. The summed E-state index contributed by atoms with van der Waals surface area (Å²) in [7, 11) is -1.69. The van der Waals surface area contributed by atoms with Gasteiger partial charge in [0.05, 0.1) is 9.82 Å². The van der Waals surface area contributed by atoms with Crippen molar-refractivity contribution in [1.29, 1.82) is 0 Å². The van der Waals surface area contributed by atoms with Crippen LogP contribution in [0.15, 0.2) is 53.4 Å². The molecule has 0 aromatic heterocycles. The molecule has 2 rings (SSSR count). The Hall–Kier alpha value is -2.98. The van der Waals surface area contributed by atoms with Crippen molar-refractivity contribution in [3.05, 3.63) is 64.2 Å². The van der Waals surface area contributed by atoms with Crippen LogP contribution >= 0.6 is 0 Å². The second-order valence-corrected chi connectivity index (χ2v) is 8.83. The zero-order chi connectivity index (χ0) is 22.3. The molecule has 0 aliphatic heterocycles. The first-order valence-electron chi connectivity index (χ1n) is 9.40. The third kappa shape index (κ3) is 6.01. The Morgan fingerprint density at radius 2 is 1.83 bits per heavy atom. The first kappa shape index (κ1) is 23.3. The lowest BCUT2D eigenvalue weighted by molar-refractivity contribution is -0.384. The van der Waals surface area contributed by atoms with Crippen molar-refractivity contribution in [1.82, 2.24) is 10.2 Å². The lowest BCUT2D eigenvalue weighted by atomic mass is 10.0. The molecule has 0 radical (unpaired) electrons. The van der Waals surface area contributed by atoms with Gasteiger partial charge in [0.1, 0.15) is 11.7 Å². The summed E-state index contributed by atoms with van der Waals surface area (Å²) in [6, 6.07) is 12.7. The highest BCUT2D eigenvalue weighted by molar-refractivity contribution is 7.90. The highest BCUT2D eigenvalue weighted by atomic mass is 32.2. The Balaban J connectivity index is 2.03. The molecule has 2 aromatic carbocycles. The number of nitro benzene ring substituents is 1. The van der Waals surface area contributed by atoms with E-state index >= 15 is 0 Å². The van der Waals surface area contributed by atoms with E-state index in [-0.39, 0.29) is 35.3 Å². The molecule has 0 aliphatic rings. The zero-order valence-electron chi connectivity index (χ0n) is 17.2. The number of likely N-dealkylation sites (N-methyl/N-ethyl adjacent to an activating group) is 1. The standard InChI is InChI=1S/C20H26N4O5S/c1-4-23(2)19(15-8-6-5-7-9-15)20(25)22-13-12-21-17-11-10-16(30(3,28)29)14-18(17)24(26)27/h5-11,14,19,21H,4,12-13H2,1-3H3,(H,22,25). The maximum atomic E-state index is 12.7. The third-order valence-electron chi connectivity index (χ3n) is 4.64. The van der Waals surface area contributed by atoms with E-state index in [0.29, 0.717) is 6.54 Å². The van der Waals surface area contributed by atoms with Crippen molar-refractivity contribution in [2.45, 2.75) is 17.9 Å². The van der Waals surface area contributed by atoms with Crippen LogP contribution < -0.4 is 10.6 Å². The van der Waals surface area contributed by atoms with Gasteiger partial charge in [0.25, 0.3) is 5.69 Å². The molecule has 1 unspecified atom stereocenters. The predicted octanol–water partition coefficient (Wildman–Crippen LogP) is 2.22. The summed E-state index contributed by atoms with van der Waals surface area (Å²) in [5.74, 6) is -0.172. The summed E-state index contributed by atoms with van der Waals surface area (Å²) < 4.78 is 23.2. The van der Waals surface area contributed by atoms with Gasteiger partial charge in [-0.25, -0.2) is 8.42 Å². The minimum absolute atomic E-state index is 0.124. The average molecular weight is 435 g/mol. The van der Waals surface area contributed by atoms with Crippen LogP contribution in [0.3, 0.4) is 0 Å². The Labute approximate surface area is 176 Å². The number of nitrogens with one attached hydrogen (secondary N) is 2. The van der Waals surface area contributed by atoms with Gasteiger partial charge in [0, 0.05) is 25.4 Å². The van der Waals surface area contributed by atoms with Crippen LogP contribution in [0, 0.1) is 10.1 Å². The smallest absolute Gasteiger partial charge is 0.293 e. The molecule has 9 nitrogen and oxygen atoms in total. The minimum atomic E-state index is -3.55. The van der Waals surface area contributed by atoms with Crippen molar-refractivity contribution in [3.63, 3.8) is 0 Å². The van der Waals surface area contributed by atoms with Crippen LogP contribution in [0.5, 0.6) is 0 Å². The lowest BCUT2D eigenvalue weighted by Gasteiger charge is -2.26. The first-order chi connectivity index (χ1) is 14.1. The molecule has 0 saturated carbocycles. The van der Waals surface area contributed by atoms with Gasteiger partial charge in [-0.2, -0.15) is 0 Å². The van der Waals surface area contributed by atoms with E-state index in [9.17, 15) is 23.3 Å². The first-order valence-corrected chi connectivity index (χ1v) is 11.3. The van der Waals surface area contributed by atoms with Gasteiger partial charge >= 0.3 is 0 Å². The third-order valence-corrected chi connectivity index (χ3v) is 5.75. The molecule has 2 N–H and O–H groups in total. The number of nitrogens with zero attached hydrogens (tertiary/aromatic N) is 2. The Bertz CT molecular complexity index is 996. The number of carbonyl (C=O) groups excluding carboxylic acids is 1. The Kier molecular flexibility index (Phi) is 7.90. The molecular weight excluding hydrogens is 408 g/mol. The molecule has 0 fully saturated rings. The summed E-state index contributed by atoms with van der Waals surface area (Å²) >= 11 is 0. The Morgan fingerprint density at radius 3 is 2.40 bits per heavy atom. The SMILES string of the molecule is CCN(C)C(C(=O)NCCNc1ccc(S(C)(=O)=O)cc1[N+](=O)[O-])c1ccccc1. The van der Waals surface area contributed by atoms with Gasteiger partial charge in [0.15, 0.2) is 9.84 Å². The van der Waals surface area contributed by atoms with E-state index in [2.05, 4.69) is 10.6 Å². The van der Waals surface area contributed by atoms with E-state index in [1.807, 2.05) is 49.2 Å². The molecule has 0 aliphatic carbocycles. The van der Waals surface area contributed by atoms with Gasteiger partial charge in [-0.3, -0.25) is 19.8 Å². The Morgan fingerprint density at radius 1 is 1.17 bits per heavy atom. The second kappa shape index (κ2) is 10.2. The number of carbonyl (C=O) groups is 1. The largest absolute Gasteiger partial charge is 0.378 e. The molecule has 30 heavy (non-hydrogen) atoms. The van der Waals surface area contributed by atoms with Crippen LogP contribution in [0.4, 0.5) is 11.4 Å². The van der Waals surface area contributed by atoms with Gasteiger partial charge in [-0.1, -0.05) is 37.3 Å². The number of benzene rings is 2.